The van der Waals surface area contributed by atoms with Gasteiger partial charge in [0.2, 0.25) is 0 Å². The maximum absolute atomic E-state index is 10.7. The molecular weight excluding hydrogens is 208 g/mol. The predicted molar refractivity (Wildman–Crippen MR) is 63.6 cm³/mol. The van der Waals surface area contributed by atoms with Gasteiger partial charge in [-0.15, -0.1) is 11.8 Å². The minimum atomic E-state index is 0.269. The van der Waals surface area contributed by atoms with Crippen LogP contribution in [0.25, 0.3) is 0 Å². The molecule has 1 rings (SSSR count). The Morgan fingerprint density at radius 1 is 1.33 bits per heavy atom. The summed E-state index contributed by atoms with van der Waals surface area (Å²) in [6, 6.07) is 7.98. The third-order valence-electron chi connectivity index (χ3n) is 2.00. The van der Waals surface area contributed by atoms with E-state index in [0.717, 1.165) is 17.9 Å². The lowest BCUT2D eigenvalue weighted by Crippen LogP contribution is -1.90. The van der Waals surface area contributed by atoms with E-state index < -0.39 is 0 Å². The highest BCUT2D eigenvalue weighted by Crippen LogP contribution is 2.22. The van der Waals surface area contributed by atoms with Crippen LogP contribution in [0, 0.1) is 0 Å². The Labute approximate surface area is 95.0 Å². The molecule has 0 aliphatic rings. The minimum Gasteiger partial charge on any atom is -0.497 e. The van der Waals surface area contributed by atoms with Crippen molar-refractivity contribution in [2.45, 2.75) is 24.7 Å². The second kappa shape index (κ2) is 6.51. The first-order valence-electron chi connectivity index (χ1n) is 4.98. The Hall–Kier alpha value is -0.960. The smallest absolute Gasteiger partial charge is 0.129 e. The molecule has 0 aliphatic carbocycles. The largest absolute Gasteiger partial charge is 0.497 e. The van der Waals surface area contributed by atoms with Crippen LogP contribution in [0.15, 0.2) is 29.2 Å². The molecule has 2 nitrogen and oxygen atoms in total. The number of methoxy groups -OCH3 is 1. The van der Waals surface area contributed by atoms with Crippen LogP contribution in [0.1, 0.15) is 19.8 Å². The fraction of sp³-hybridized carbons (Fsp3) is 0.417. The second-order valence-corrected chi connectivity index (χ2v) is 4.50. The lowest BCUT2D eigenvalue weighted by molar-refractivity contribution is -0.117. The highest BCUT2D eigenvalue weighted by Gasteiger charge is 1.97. The molecule has 15 heavy (non-hydrogen) atoms. The third-order valence-corrected chi connectivity index (χ3v) is 3.10. The lowest BCUT2D eigenvalue weighted by Gasteiger charge is -2.02. The van der Waals surface area contributed by atoms with Gasteiger partial charge in [-0.05, 0) is 43.4 Å². The van der Waals surface area contributed by atoms with E-state index >= 15 is 0 Å². The van der Waals surface area contributed by atoms with Gasteiger partial charge in [0.1, 0.15) is 11.5 Å². The van der Waals surface area contributed by atoms with Gasteiger partial charge in [0.25, 0.3) is 0 Å². The molecule has 0 fully saturated rings. The molecule has 0 N–H and O–H groups in total. The summed E-state index contributed by atoms with van der Waals surface area (Å²) in [5.41, 5.74) is 0. The van der Waals surface area contributed by atoms with Gasteiger partial charge in [0.15, 0.2) is 0 Å². The number of rotatable bonds is 6. The minimum absolute atomic E-state index is 0.269. The van der Waals surface area contributed by atoms with E-state index in [9.17, 15) is 4.79 Å². The molecule has 0 saturated heterocycles. The summed E-state index contributed by atoms with van der Waals surface area (Å²) >= 11 is 1.77. The van der Waals surface area contributed by atoms with Crippen LogP contribution in [0.2, 0.25) is 0 Å². The molecule has 0 spiro atoms. The van der Waals surface area contributed by atoms with Gasteiger partial charge in [0, 0.05) is 11.3 Å². The number of thioether (sulfide) groups is 1. The molecule has 0 radical (unpaired) electrons. The number of ether oxygens (including phenoxy) is 1. The van der Waals surface area contributed by atoms with Crippen LogP contribution >= 0.6 is 11.8 Å². The van der Waals surface area contributed by atoms with E-state index in [0.29, 0.717) is 6.42 Å². The molecule has 0 bridgehead atoms. The first-order valence-corrected chi connectivity index (χ1v) is 5.97. The fourth-order valence-electron chi connectivity index (χ4n) is 1.18. The van der Waals surface area contributed by atoms with Crippen LogP contribution in [0.4, 0.5) is 0 Å². The number of carbonyl (C=O) groups is 1. The van der Waals surface area contributed by atoms with Crippen molar-refractivity contribution in [3.63, 3.8) is 0 Å². The van der Waals surface area contributed by atoms with E-state index in [1.807, 2.05) is 24.3 Å². The van der Waals surface area contributed by atoms with Crippen molar-refractivity contribution in [2.75, 3.05) is 12.9 Å². The fourth-order valence-corrected chi connectivity index (χ4v) is 2.04. The summed E-state index contributed by atoms with van der Waals surface area (Å²) in [6.07, 6.45) is 1.63. The predicted octanol–water partition coefficient (Wildman–Crippen LogP) is 3.16. The van der Waals surface area contributed by atoms with Gasteiger partial charge in [-0.2, -0.15) is 0 Å². The maximum atomic E-state index is 10.7. The summed E-state index contributed by atoms with van der Waals surface area (Å²) < 4.78 is 5.07. The Kier molecular flexibility index (Phi) is 5.26. The Balaban J connectivity index is 2.28. The van der Waals surface area contributed by atoms with Crippen LogP contribution in [-0.2, 0) is 4.79 Å². The zero-order chi connectivity index (χ0) is 11.1. The zero-order valence-electron chi connectivity index (χ0n) is 9.16. The first kappa shape index (κ1) is 12.1. The van der Waals surface area contributed by atoms with E-state index in [1.54, 1.807) is 25.8 Å². The Morgan fingerprint density at radius 3 is 2.53 bits per heavy atom. The molecule has 0 unspecified atom stereocenters. The van der Waals surface area contributed by atoms with Gasteiger partial charge >= 0.3 is 0 Å². The average molecular weight is 224 g/mol. The molecular formula is C12H16O2S. The molecule has 1 aromatic rings. The van der Waals surface area contributed by atoms with Crippen molar-refractivity contribution in [1.29, 1.82) is 0 Å². The first-order chi connectivity index (χ1) is 7.22. The van der Waals surface area contributed by atoms with Gasteiger partial charge in [-0.3, -0.25) is 0 Å². The Morgan fingerprint density at radius 2 is 2.00 bits per heavy atom. The summed E-state index contributed by atoms with van der Waals surface area (Å²) in [5.74, 6) is 2.14. The van der Waals surface area contributed by atoms with Crippen LogP contribution < -0.4 is 4.74 Å². The van der Waals surface area contributed by atoms with Crippen molar-refractivity contribution in [2.24, 2.45) is 0 Å². The van der Waals surface area contributed by atoms with Crippen LogP contribution in [0.3, 0.4) is 0 Å². The normalized spacial score (nSPS) is 10.0. The van der Waals surface area contributed by atoms with Crippen molar-refractivity contribution in [3.8, 4) is 5.75 Å². The molecule has 3 heteroatoms. The molecule has 0 aliphatic heterocycles. The van der Waals surface area contributed by atoms with Gasteiger partial charge < -0.3 is 9.53 Å². The van der Waals surface area contributed by atoms with Crippen molar-refractivity contribution >= 4 is 17.5 Å². The zero-order valence-corrected chi connectivity index (χ0v) is 9.97. The number of benzene rings is 1. The van der Waals surface area contributed by atoms with E-state index in [-0.39, 0.29) is 5.78 Å². The third kappa shape index (κ3) is 4.88. The monoisotopic (exact) mass is 224 g/mol. The van der Waals surface area contributed by atoms with Gasteiger partial charge in [0.05, 0.1) is 7.11 Å². The SMILES string of the molecule is COc1ccc(SCCCC(C)=O)cc1. The summed E-state index contributed by atoms with van der Waals surface area (Å²) in [7, 11) is 1.66. The molecule has 1 aromatic carbocycles. The van der Waals surface area contributed by atoms with Crippen LogP contribution in [0.5, 0.6) is 5.75 Å². The van der Waals surface area contributed by atoms with E-state index in [2.05, 4.69) is 0 Å². The van der Waals surface area contributed by atoms with Gasteiger partial charge in [-0.1, -0.05) is 0 Å². The van der Waals surface area contributed by atoms with Crippen molar-refractivity contribution in [1.82, 2.24) is 0 Å². The second-order valence-electron chi connectivity index (χ2n) is 3.33. The summed E-state index contributed by atoms with van der Waals surface area (Å²) in [4.78, 5) is 11.9. The van der Waals surface area contributed by atoms with Crippen LogP contribution in [-0.4, -0.2) is 18.6 Å². The number of hydrogen-bond donors (Lipinski definition) is 0. The van der Waals surface area contributed by atoms with Crippen molar-refractivity contribution < 1.29 is 9.53 Å². The molecule has 0 amide bonds. The quantitative estimate of drug-likeness (QED) is 0.548. The summed E-state index contributed by atoms with van der Waals surface area (Å²) in [5, 5.41) is 0. The standard InChI is InChI=1S/C12H16O2S/c1-10(13)4-3-9-15-12-7-5-11(14-2)6-8-12/h5-8H,3-4,9H2,1-2H3. The van der Waals surface area contributed by atoms with E-state index in [1.165, 1.54) is 4.90 Å². The highest BCUT2D eigenvalue weighted by atomic mass is 32.2. The molecule has 0 atom stereocenters. The molecule has 82 valence electrons. The van der Waals surface area contributed by atoms with Crippen molar-refractivity contribution in [3.05, 3.63) is 24.3 Å². The molecule has 0 heterocycles. The van der Waals surface area contributed by atoms with Gasteiger partial charge in [-0.25, -0.2) is 0 Å². The molecule has 0 aromatic heterocycles. The Bertz CT molecular complexity index is 306. The lowest BCUT2D eigenvalue weighted by atomic mass is 10.3. The number of hydrogen-bond acceptors (Lipinski definition) is 3. The number of Topliss-reactive ketones (excluding diaryl/α,β-unsaturated/α-hetero) is 1. The average Bonchev–Trinajstić information content (AvgIpc) is 2.25. The van der Waals surface area contributed by atoms with E-state index in [4.69, 9.17) is 4.74 Å². The molecule has 0 saturated carbocycles. The number of ketones is 1. The maximum Gasteiger partial charge on any atom is 0.129 e. The topological polar surface area (TPSA) is 26.3 Å². The summed E-state index contributed by atoms with van der Waals surface area (Å²) in [6.45, 7) is 1.64. The number of carbonyl (C=O) groups excluding carboxylic acids is 1. The highest BCUT2D eigenvalue weighted by molar-refractivity contribution is 7.99.